The van der Waals surface area contributed by atoms with E-state index in [0.717, 1.165) is 51.5 Å². The number of hydrogen-bond acceptors (Lipinski definition) is 3. The molecule has 2 aliphatic rings. The van der Waals surface area contributed by atoms with Gasteiger partial charge in [0, 0.05) is 52.4 Å². The van der Waals surface area contributed by atoms with E-state index in [2.05, 4.69) is 39.4 Å². The number of rotatable bonds is 7. The predicted molar refractivity (Wildman–Crippen MR) is 119 cm³/mol. The van der Waals surface area contributed by atoms with Gasteiger partial charge in [0.1, 0.15) is 6.04 Å². The number of guanidine groups is 1. The lowest BCUT2D eigenvalue weighted by molar-refractivity contribution is -0.181. The van der Waals surface area contributed by atoms with Gasteiger partial charge in [-0.2, -0.15) is 13.2 Å². The Balaban J connectivity index is 1.46. The molecular weight excluding hydrogens is 403 g/mol. The van der Waals surface area contributed by atoms with Gasteiger partial charge >= 0.3 is 6.18 Å². The summed E-state index contributed by atoms with van der Waals surface area (Å²) in [5.74, 6) is 1.38. The summed E-state index contributed by atoms with van der Waals surface area (Å²) in [6, 6.07) is 9.18. The van der Waals surface area contributed by atoms with Crippen LogP contribution in [0.3, 0.4) is 0 Å². The molecule has 0 radical (unpaired) electrons. The zero-order chi connectivity index (χ0) is 22.3. The van der Waals surface area contributed by atoms with E-state index in [-0.39, 0.29) is 0 Å². The van der Waals surface area contributed by atoms with Crippen molar-refractivity contribution in [2.75, 3.05) is 58.9 Å². The van der Waals surface area contributed by atoms with Crippen LogP contribution in [0.25, 0.3) is 0 Å². The molecule has 31 heavy (non-hydrogen) atoms. The van der Waals surface area contributed by atoms with Gasteiger partial charge in [0.25, 0.3) is 0 Å². The van der Waals surface area contributed by atoms with Gasteiger partial charge in [-0.05, 0) is 44.7 Å². The molecule has 2 atom stereocenters. The Hall–Kier alpha value is -1.80. The maximum absolute atomic E-state index is 13.0. The number of benzene rings is 1. The first-order chi connectivity index (χ1) is 14.9. The molecule has 2 fully saturated rings. The number of nitrogens with one attached hydrogen (secondary N) is 1. The molecular formula is C23H36F3N5. The smallest absolute Gasteiger partial charge is 0.357 e. The van der Waals surface area contributed by atoms with Crippen LogP contribution in [0.2, 0.25) is 0 Å². The molecule has 0 bridgehead atoms. The Bertz CT molecular complexity index is 686. The van der Waals surface area contributed by atoms with Crippen molar-refractivity contribution in [3.8, 4) is 0 Å². The highest BCUT2D eigenvalue weighted by atomic mass is 19.4. The highest BCUT2D eigenvalue weighted by molar-refractivity contribution is 5.80. The lowest BCUT2D eigenvalue weighted by atomic mass is 10.1. The molecule has 0 spiro atoms. The van der Waals surface area contributed by atoms with E-state index in [9.17, 15) is 13.2 Å². The molecule has 0 amide bonds. The standard InChI is InChI=1S/C23H36F3N5/c1-3-27-22(31-15-13-30(14-16-31)19(2)23(24,25)26)28-17-21-10-12-29(18-21)11-9-20-7-5-4-6-8-20/h4-8,19,21H,3,9-18H2,1-2H3,(H,27,28). The van der Waals surface area contributed by atoms with Crippen LogP contribution in [0.1, 0.15) is 25.8 Å². The molecule has 2 heterocycles. The Morgan fingerprint density at radius 3 is 2.48 bits per heavy atom. The number of nitrogens with zero attached hydrogens (tertiary/aromatic N) is 4. The fraction of sp³-hybridized carbons (Fsp3) is 0.696. The Morgan fingerprint density at radius 2 is 1.84 bits per heavy atom. The van der Waals surface area contributed by atoms with Crippen LogP contribution in [0.15, 0.2) is 35.3 Å². The van der Waals surface area contributed by atoms with Gasteiger partial charge in [0.15, 0.2) is 5.96 Å². The summed E-state index contributed by atoms with van der Waals surface area (Å²) in [6.07, 6.45) is -1.95. The number of likely N-dealkylation sites (tertiary alicyclic amines) is 1. The van der Waals surface area contributed by atoms with Gasteiger partial charge in [-0.15, -0.1) is 0 Å². The summed E-state index contributed by atoms with van der Waals surface area (Å²) in [7, 11) is 0. The molecule has 1 aromatic rings. The molecule has 174 valence electrons. The van der Waals surface area contributed by atoms with Gasteiger partial charge in [-0.1, -0.05) is 30.3 Å². The monoisotopic (exact) mass is 439 g/mol. The molecule has 2 aliphatic heterocycles. The molecule has 8 heteroatoms. The third-order valence-corrected chi connectivity index (χ3v) is 6.40. The molecule has 5 nitrogen and oxygen atoms in total. The molecule has 0 saturated carbocycles. The van der Waals surface area contributed by atoms with Crippen molar-refractivity contribution in [3.05, 3.63) is 35.9 Å². The number of aliphatic imine (C=N–C) groups is 1. The first kappa shape index (κ1) is 23.9. The Labute approximate surface area is 184 Å². The summed E-state index contributed by atoms with van der Waals surface area (Å²) in [5.41, 5.74) is 1.37. The van der Waals surface area contributed by atoms with E-state index in [1.165, 1.54) is 17.4 Å². The van der Waals surface area contributed by atoms with Crippen LogP contribution < -0.4 is 5.32 Å². The van der Waals surface area contributed by atoms with Crippen LogP contribution in [0, 0.1) is 5.92 Å². The van der Waals surface area contributed by atoms with Gasteiger partial charge in [0.05, 0.1) is 0 Å². The quantitative estimate of drug-likeness (QED) is 0.523. The Morgan fingerprint density at radius 1 is 1.13 bits per heavy atom. The summed E-state index contributed by atoms with van der Waals surface area (Å²) in [5, 5.41) is 3.33. The molecule has 2 unspecified atom stereocenters. The van der Waals surface area contributed by atoms with Crippen LogP contribution in [0.4, 0.5) is 13.2 Å². The van der Waals surface area contributed by atoms with Crippen molar-refractivity contribution in [3.63, 3.8) is 0 Å². The van der Waals surface area contributed by atoms with E-state index < -0.39 is 12.2 Å². The normalized spacial score (nSPS) is 22.7. The lowest BCUT2D eigenvalue weighted by Gasteiger charge is -2.39. The average molecular weight is 440 g/mol. The van der Waals surface area contributed by atoms with Crippen LogP contribution in [-0.2, 0) is 6.42 Å². The molecule has 0 aliphatic carbocycles. The third kappa shape index (κ3) is 7.10. The number of hydrogen-bond donors (Lipinski definition) is 1. The minimum absolute atomic E-state index is 0.405. The van der Waals surface area contributed by atoms with E-state index in [1.807, 2.05) is 13.0 Å². The van der Waals surface area contributed by atoms with E-state index in [0.29, 0.717) is 32.1 Å². The van der Waals surface area contributed by atoms with Crippen molar-refractivity contribution in [1.29, 1.82) is 0 Å². The Kier molecular flexibility index (Phi) is 8.60. The minimum atomic E-state index is -4.17. The van der Waals surface area contributed by atoms with Crippen molar-refractivity contribution in [2.24, 2.45) is 10.9 Å². The zero-order valence-electron chi connectivity index (χ0n) is 18.7. The summed E-state index contributed by atoms with van der Waals surface area (Å²) in [4.78, 5) is 11.0. The molecule has 1 N–H and O–H groups in total. The van der Waals surface area contributed by atoms with Crippen molar-refractivity contribution in [2.45, 2.75) is 38.9 Å². The second-order valence-electron chi connectivity index (χ2n) is 8.63. The first-order valence-electron chi connectivity index (χ1n) is 11.5. The second kappa shape index (κ2) is 11.2. The predicted octanol–water partition coefficient (Wildman–Crippen LogP) is 3.08. The van der Waals surface area contributed by atoms with Crippen LogP contribution in [-0.4, -0.2) is 91.8 Å². The van der Waals surface area contributed by atoms with Crippen molar-refractivity contribution < 1.29 is 13.2 Å². The van der Waals surface area contributed by atoms with Crippen molar-refractivity contribution in [1.82, 2.24) is 20.0 Å². The summed E-state index contributed by atoms with van der Waals surface area (Å²) < 4.78 is 39.0. The fourth-order valence-electron chi connectivity index (χ4n) is 4.37. The fourth-order valence-corrected chi connectivity index (χ4v) is 4.37. The van der Waals surface area contributed by atoms with Gasteiger partial charge in [-0.25, -0.2) is 0 Å². The van der Waals surface area contributed by atoms with Gasteiger partial charge in [-0.3, -0.25) is 9.89 Å². The summed E-state index contributed by atoms with van der Waals surface area (Å²) in [6.45, 7) is 9.99. The maximum atomic E-state index is 13.0. The van der Waals surface area contributed by atoms with E-state index in [4.69, 9.17) is 4.99 Å². The first-order valence-corrected chi connectivity index (χ1v) is 11.5. The van der Waals surface area contributed by atoms with Crippen molar-refractivity contribution >= 4 is 5.96 Å². The topological polar surface area (TPSA) is 34.1 Å². The summed E-state index contributed by atoms with van der Waals surface area (Å²) >= 11 is 0. The zero-order valence-corrected chi connectivity index (χ0v) is 18.7. The highest BCUT2D eigenvalue weighted by Gasteiger charge is 2.41. The lowest BCUT2D eigenvalue weighted by Crippen LogP contribution is -2.56. The molecule has 0 aromatic heterocycles. The number of halogens is 3. The van der Waals surface area contributed by atoms with Crippen LogP contribution in [0.5, 0.6) is 0 Å². The van der Waals surface area contributed by atoms with Gasteiger partial charge < -0.3 is 15.1 Å². The minimum Gasteiger partial charge on any atom is -0.357 e. The van der Waals surface area contributed by atoms with Crippen LogP contribution >= 0.6 is 0 Å². The average Bonchev–Trinajstić information content (AvgIpc) is 3.23. The molecule has 3 rings (SSSR count). The van der Waals surface area contributed by atoms with Gasteiger partial charge in [0.2, 0.25) is 0 Å². The highest BCUT2D eigenvalue weighted by Crippen LogP contribution is 2.25. The number of piperazine rings is 1. The number of alkyl halides is 3. The largest absolute Gasteiger partial charge is 0.403 e. The molecule has 2 saturated heterocycles. The van der Waals surface area contributed by atoms with E-state index >= 15 is 0 Å². The maximum Gasteiger partial charge on any atom is 0.403 e. The van der Waals surface area contributed by atoms with E-state index in [1.54, 1.807) is 0 Å². The second-order valence-corrected chi connectivity index (χ2v) is 8.63. The SMILES string of the molecule is CCNC(=NCC1CCN(CCc2ccccc2)C1)N1CCN(C(C)C(F)(F)F)CC1. The molecule has 1 aromatic carbocycles. The third-order valence-electron chi connectivity index (χ3n) is 6.40.